The van der Waals surface area contributed by atoms with Crippen molar-refractivity contribution in [2.75, 3.05) is 20.7 Å². The Kier molecular flexibility index (Phi) is 3.23. The van der Waals surface area contributed by atoms with Crippen LogP contribution in [-0.4, -0.2) is 37.5 Å². The predicted octanol–water partition coefficient (Wildman–Crippen LogP) is 1.25. The van der Waals surface area contributed by atoms with E-state index in [9.17, 15) is 9.59 Å². The van der Waals surface area contributed by atoms with Crippen LogP contribution in [0.2, 0.25) is 0 Å². The lowest BCUT2D eigenvalue weighted by atomic mass is 9.98. The van der Waals surface area contributed by atoms with Gasteiger partial charge in [-0.2, -0.15) is 0 Å². The van der Waals surface area contributed by atoms with E-state index in [1.165, 1.54) is 14.0 Å². The monoisotopic (exact) mass is 249 g/mol. The minimum atomic E-state index is -0.440. The van der Waals surface area contributed by atoms with Crippen molar-refractivity contribution in [2.24, 2.45) is 0 Å². The Morgan fingerprint density at radius 1 is 1.33 bits per heavy atom. The topological polar surface area (TPSA) is 55.8 Å². The zero-order valence-electron chi connectivity index (χ0n) is 10.6. The largest absolute Gasteiger partial charge is 0.493 e. The van der Waals surface area contributed by atoms with Gasteiger partial charge in [-0.05, 0) is 24.1 Å². The lowest BCUT2D eigenvalue weighted by molar-refractivity contribution is -0.132. The Balaban J connectivity index is 2.49. The number of hydrogen-bond donors (Lipinski definition) is 0. The van der Waals surface area contributed by atoms with Gasteiger partial charge in [0.05, 0.1) is 7.11 Å². The molecule has 0 unspecified atom stereocenters. The molecule has 0 aromatic heterocycles. The molecule has 0 aliphatic carbocycles. The van der Waals surface area contributed by atoms with Crippen molar-refractivity contribution >= 4 is 11.9 Å². The Labute approximate surface area is 105 Å². The minimum absolute atomic E-state index is 0.0627. The maximum absolute atomic E-state index is 12.0. The first-order valence-electron chi connectivity index (χ1n) is 5.67. The lowest BCUT2D eigenvalue weighted by Gasteiger charge is -2.25. The number of esters is 1. The van der Waals surface area contributed by atoms with Crippen molar-refractivity contribution in [1.29, 1.82) is 0 Å². The third kappa shape index (κ3) is 2.16. The van der Waals surface area contributed by atoms with Crippen molar-refractivity contribution < 1.29 is 19.1 Å². The number of carbonyl (C=O) groups excluding carboxylic acids is 2. The third-order valence-electron chi connectivity index (χ3n) is 2.94. The molecule has 0 atom stereocenters. The summed E-state index contributed by atoms with van der Waals surface area (Å²) in [4.78, 5) is 24.7. The van der Waals surface area contributed by atoms with Crippen LogP contribution in [0.4, 0.5) is 0 Å². The predicted molar refractivity (Wildman–Crippen MR) is 65.0 cm³/mol. The van der Waals surface area contributed by atoms with Crippen LogP contribution < -0.4 is 9.47 Å². The highest BCUT2D eigenvalue weighted by atomic mass is 16.6. The second-order valence-electron chi connectivity index (χ2n) is 4.23. The second kappa shape index (κ2) is 4.68. The van der Waals surface area contributed by atoms with Gasteiger partial charge in [-0.1, -0.05) is 0 Å². The number of rotatable bonds is 2. The number of nitrogens with zero attached hydrogens (tertiary/aromatic N) is 1. The standard InChI is InChI=1S/C13H15NO4/c1-8(15)18-12-7-10-9(6-11(12)17-3)4-5-14(2)13(10)16/h6-7H,4-5H2,1-3H3. The molecule has 0 fully saturated rings. The molecule has 0 radical (unpaired) electrons. The average Bonchev–Trinajstić information content (AvgIpc) is 2.33. The summed E-state index contributed by atoms with van der Waals surface area (Å²) in [7, 11) is 3.26. The maximum atomic E-state index is 12.0. The molecule has 96 valence electrons. The summed E-state index contributed by atoms with van der Waals surface area (Å²) < 4.78 is 10.2. The van der Waals surface area contributed by atoms with E-state index in [0.717, 1.165) is 12.0 Å². The molecule has 1 aromatic rings. The van der Waals surface area contributed by atoms with E-state index < -0.39 is 5.97 Å². The quantitative estimate of drug-likeness (QED) is 0.584. The van der Waals surface area contributed by atoms with Gasteiger partial charge in [0.15, 0.2) is 11.5 Å². The summed E-state index contributed by atoms with van der Waals surface area (Å²) in [6.07, 6.45) is 0.772. The number of benzene rings is 1. The first kappa shape index (κ1) is 12.4. The van der Waals surface area contributed by atoms with Crippen LogP contribution in [0.3, 0.4) is 0 Å². The number of amides is 1. The van der Waals surface area contributed by atoms with Crippen LogP contribution in [0.1, 0.15) is 22.8 Å². The van der Waals surface area contributed by atoms with Crippen LogP contribution in [0.25, 0.3) is 0 Å². The molecule has 18 heavy (non-hydrogen) atoms. The number of hydrogen-bond acceptors (Lipinski definition) is 4. The Morgan fingerprint density at radius 2 is 2.06 bits per heavy atom. The van der Waals surface area contributed by atoms with Crippen molar-refractivity contribution in [3.8, 4) is 11.5 Å². The first-order chi connectivity index (χ1) is 8.52. The van der Waals surface area contributed by atoms with E-state index in [1.54, 1.807) is 24.1 Å². The van der Waals surface area contributed by atoms with Gasteiger partial charge >= 0.3 is 5.97 Å². The zero-order valence-corrected chi connectivity index (χ0v) is 10.6. The number of carbonyl (C=O) groups is 2. The van der Waals surface area contributed by atoms with Crippen molar-refractivity contribution in [1.82, 2.24) is 4.90 Å². The second-order valence-corrected chi connectivity index (χ2v) is 4.23. The van der Waals surface area contributed by atoms with E-state index in [4.69, 9.17) is 9.47 Å². The minimum Gasteiger partial charge on any atom is -0.493 e. The van der Waals surface area contributed by atoms with E-state index >= 15 is 0 Å². The Hall–Kier alpha value is -2.04. The summed E-state index contributed by atoms with van der Waals surface area (Å²) in [5.74, 6) is 0.255. The first-order valence-corrected chi connectivity index (χ1v) is 5.67. The van der Waals surface area contributed by atoms with Gasteiger partial charge in [0.1, 0.15) is 0 Å². The van der Waals surface area contributed by atoms with E-state index in [1.807, 2.05) is 0 Å². The fourth-order valence-electron chi connectivity index (χ4n) is 2.00. The average molecular weight is 249 g/mol. The molecule has 0 saturated carbocycles. The molecule has 1 aromatic carbocycles. The molecule has 0 N–H and O–H groups in total. The third-order valence-corrected chi connectivity index (χ3v) is 2.94. The summed E-state index contributed by atoms with van der Waals surface area (Å²) >= 11 is 0. The van der Waals surface area contributed by atoms with Crippen molar-refractivity contribution in [2.45, 2.75) is 13.3 Å². The summed E-state index contributed by atoms with van der Waals surface area (Å²) in [6, 6.07) is 3.34. The summed E-state index contributed by atoms with van der Waals surface area (Å²) in [5.41, 5.74) is 1.49. The molecular weight excluding hydrogens is 234 g/mol. The van der Waals surface area contributed by atoms with Crippen molar-refractivity contribution in [3.05, 3.63) is 23.3 Å². The van der Waals surface area contributed by atoms with Gasteiger partial charge in [0, 0.05) is 26.1 Å². The molecule has 1 aliphatic heterocycles. The smallest absolute Gasteiger partial charge is 0.308 e. The molecule has 5 nitrogen and oxygen atoms in total. The van der Waals surface area contributed by atoms with Gasteiger partial charge in [-0.25, -0.2) is 0 Å². The molecule has 1 amide bonds. The van der Waals surface area contributed by atoms with Gasteiger partial charge in [-0.3, -0.25) is 9.59 Å². The fraction of sp³-hybridized carbons (Fsp3) is 0.385. The molecule has 0 bridgehead atoms. The Morgan fingerprint density at radius 3 is 2.67 bits per heavy atom. The molecule has 5 heteroatoms. The normalized spacial score (nSPS) is 14.2. The molecule has 1 heterocycles. The highest BCUT2D eigenvalue weighted by Gasteiger charge is 2.24. The van der Waals surface area contributed by atoms with Crippen LogP contribution in [-0.2, 0) is 11.2 Å². The van der Waals surface area contributed by atoms with Gasteiger partial charge < -0.3 is 14.4 Å². The number of likely N-dealkylation sites (N-methyl/N-ethyl adjacent to an activating group) is 1. The molecular formula is C13H15NO4. The van der Waals surface area contributed by atoms with Gasteiger partial charge in [0.2, 0.25) is 0 Å². The summed E-state index contributed by atoms with van der Waals surface area (Å²) in [6.45, 7) is 1.99. The molecule has 2 rings (SSSR count). The van der Waals surface area contributed by atoms with Gasteiger partial charge in [0.25, 0.3) is 5.91 Å². The van der Waals surface area contributed by atoms with Crippen LogP contribution in [0, 0.1) is 0 Å². The number of ether oxygens (including phenoxy) is 2. The molecule has 0 spiro atoms. The van der Waals surface area contributed by atoms with E-state index in [2.05, 4.69) is 0 Å². The zero-order chi connectivity index (χ0) is 13.3. The maximum Gasteiger partial charge on any atom is 0.308 e. The number of fused-ring (bicyclic) bond motifs is 1. The van der Waals surface area contributed by atoms with E-state index in [-0.39, 0.29) is 11.7 Å². The van der Waals surface area contributed by atoms with E-state index in [0.29, 0.717) is 17.9 Å². The Bertz CT molecular complexity index is 510. The van der Waals surface area contributed by atoms with Gasteiger partial charge in [-0.15, -0.1) is 0 Å². The number of methoxy groups -OCH3 is 1. The van der Waals surface area contributed by atoms with Crippen LogP contribution >= 0.6 is 0 Å². The highest BCUT2D eigenvalue weighted by molar-refractivity contribution is 5.97. The summed E-state index contributed by atoms with van der Waals surface area (Å²) in [5, 5.41) is 0. The van der Waals surface area contributed by atoms with Crippen LogP contribution in [0.15, 0.2) is 12.1 Å². The molecule has 1 aliphatic rings. The molecule has 0 saturated heterocycles. The SMILES string of the molecule is COc1cc2c(cc1OC(C)=O)C(=O)N(C)CC2. The lowest BCUT2D eigenvalue weighted by Crippen LogP contribution is -2.34. The fourth-order valence-corrected chi connectivity index (χ4v) is 2.00. The van der Waals surface area contributed by atoms with Crippen LogP contribution in [0.5, 0.6) is 11.5 Å². The highest BCUT2D eigenvalue weighted by Crippen LogP contribution is 2.33. The van der Waals surface area contributed by atoms with Crippen molar-refractivity contribution in [3.63, 3.8) is 0 Å².